The van der Waals surface area contributed by atoms with Crippen molar-refractivity contribution < 1.29 is 4.42 Å². The standard InChI is InChI=1S/C48H33NOSi/c1-4-18-36(19-5-1)51(37-20-6-2-7-21-37,38-22-8-3-9-23-38)39-24-16-17-34(31-39)43-32-35(33-44-42-27-12-15-30-47(42)50-48(43)44)49-45-28-13-10-25-40(45)41-26-11-14-29-46(41)49/h1-33H. The highest BCUT2D eigenvalue weighted by Gasteiger charge is 2.41. The Bertz CT molecular complexity index is 2700. The van der Waals surface area contributed by atoms with E-state index < -0.39 is 8.07 Å². The summed E-state index contributed by atoms with van der Waals surface area (Å²) in [6.07, 6.45) is 0. The van der Waals surface area contributed by atoms with Crippen molar-refractivity contribution in [3.05, 3.63) is 200 Å². The smallest absolute Gasteiger partial charge is 0.179 e. The molecule has 0 spiro atoms. The van der Waals surface area contributed by atoms with E-state index >= 15 is 0 Å². The lowest BCUT2D eigenvalue weighted by Gasteiger charge is -2.34. The van der Waals surface area contributed by atoms with E-state index in [1.54, 1.807) is 0 Å². The number of hydrogen-bond acceptors (Lipinski definition) is 1. The molecular weight excluding hydrogens is 635 g/mol. The molecule has 3 heteroatoms. The lowest BCUT2D eigenvalue weighted by atomic mass is 10.0. The monoisotopic (exact) mass is 667 g/mol. The average Bonchev–Trinajstić information content (AvgIpc) is 3.75. The summed E-state index contributed by atoms with van der Waals surface area (Å²) in [5, 5.41) is 10.1. The third kappa shape index (κ3) is 4.56. The quantitative estimate of drug-likeness (QED) is 0.128. The van der Waals surface area contributed by atoms with Gasteiger partial charge in [-0.05, 0) is 56.6 Å². The van der Waals surface area contributed by atoms with E-state index in [9.17, 15) is 0 Å². The van der Waals surface area contributed by atoms with Crippen LogP contribution in [0.25, 0.3) is 60.6 Å². The van der Waals surface area contributed by atoms with Gasteiger partial charge in [0.1, 0.15) is 11.2 Å². The number of fused-ring (bicyclic) bond motifs is 6. The first kappa shape index (κ1) is 29.5. The minimum atomic E-state index is -2.74. The summed E-state index contributed by atoms with van der Waals surface area (Å²) in [5.41, 5.74) is 7.52. The summed E-state index contributed by atoms with van der Waals surface area (Å²) in [4.78, 5) is 0. The van der Waals surface area contributed by atoms with Crippen LogP contribution in [0.4, 0.5) is 0 Å². The summed E-state index contributed by atoms with van der Waals surface area (Å²) in [6, 6.07) is 73.1. The molecule has 10 rings (SSSR count). The van der Waals surface area contributed by atoms with E-state index in [2.05, 4.69) is 205 Å². The van der Waals surface area contributed by atoms with Gasteiger partial charge in [0.25, 0.3) is 0 Å². The largest absolute Gasteiger partial charge is 0.455 e. The Kier molecular flexibility index (Phi) is 6.86. The van der Waals surface area contributed by atoms with Crippen LogP contribution in [0.15, 0.2) is 205 Å². The molecule has 0 unspecified atom stereocenters. The van der Waals surface area contributed by atoms with Gasteiger partial charge in [0, 0.05) is 32.8 Å². The maximum absolute atomic E-state index is 6.77. The summed E-state index contributed by atoms with van der Waals surface area (Å²) < 4.78 is 9.18. The Hall–Kier alpha value is -6.42. The third-order valence-corrected chi connectivity index (χ3v) is 15.3. The molecule has 2 heterocycles. The Labute approximate surface area is 297 Å². The van der Waals surface area contributed by atoms with Crippen molar-refractivity contribution in [2.45, 2.75) is 0 Å². The SMILES string of the molecule is c1ccc([Si](c2ccccc2)(c2ccccc2)c2cccc(-c3cc(-n4c5ccccc5c5ccccc54)cc4c3oc3ccccc34)c2)cc1. The summed E-state index contributed by atoms with van der Waals surface area (Å²) in [7, 11) is -2.74. The van der Waals surface area contributed by atoms with Crippen molar-refractivity contribution in [1.82, 2.24) is 4.57 Å². The topological polar surface area (TPSA) is 18.1 Å². The second kappa shape index (κ2) is 11.9. The Morgan fingerprint density at radius 1 is 0.373 bits per heavy atom. The molecule has 0 saturated heterocycles. The first-order valence-electron chi connectivity index (χ1n) is 17.5. The zero-order valence-corrected chi connectivity index (χ0v) is 28.9. The van der Waals surface area contributed by atoms with E-state index in [0.29, 0.717) is 0 Å². The first-order valence-corrected chi connectivity index (χ1v) is 19.5. The van der Waals surface area contributed by atoms with Crippen LogP contribution in [0.1, 0.15) is 0 Å². The lowest BCUT2D eigenvalue weighted by Crippen LogP contribution is -2.74. The molecule has 0 amide bonds. The zero-order valence-electron chi connectivity index (χ0n) is 27.9. The molecule has 2 aromatic heterocycles. The van der Waals surface area contributed by atoms with Crippen molar-refractivity contribution in [3.8, 4) is 16.8 Å². The molecule has 51 heavy (non-hydrogen) atoms. The number of para-hydroxylation sites is 3. The van der Waals surface area contributed by atoms with Gasteiger partial charge >= 0.3 is 0 Å². The van der Waals surface area contributed by atoms with Gasteiger partial charge in [0.05, 0.1) is 11.0 Å². The average molecular weight is 668 g/mol. The zero-order chi connectivity index (χ0) is 33.8. The van der Waals surface area contributed by atoms with Gasteiger partial charge in [-0.1, -0.05) is 170 Å². The van der Waals surface area contributed by atoms with E-state index in [-0.39, 0.29) is 0 Å². The van der Waals surface area contributed by atoms with Gasteiger partial charge in [-0.3, -0.25) is 0 Å². The highest BCUT2D eigenvalue weighted by Crippen LogP contribution is 2.40. The number of aromatic nitrogens is 1. The fourth-order valence-corrected chi connectivity index (χ4v) is 13.1. The fraction of sp³-hybridized carbons (Fsp3) is 0. The van der Waals surface area contributed by atoms with Gasteiger partial charge in [0.2, 0.25) is 0 Å². The number of benzene rings is 8. The van der Waals surface area contributed by atoms with Gasteiger partial charge in [-0.2, -0.15) is 0 Å². The summed E-state index contributed by atoms with van der Waals surface area (Å²) in [5.74, 6) is 0. The van der Waals surface area contributed by atoms with Crippen molar-refractivity contribution in [2.24, 2.45) is 0 Å². The molecular formula is C48H33NOSi. The maximum atomic E-state index is 6.77. The highest BCUT2D eigenvalue weighted by molar-refractivity contribution is 7.19. The minimum Gasteiger partial charge on any atom is -0.455 e. The van der Waals surface area contributed by atoms with Crippen LogP contribution in [0.3, 0.4) is 0 Å². The minimum absolute atomic E-state index is 0.894. The number of rotatable bonds is 6. The summed E-state index contributed by atoms with van der Waals surface area (Å²) in [6.45, 7) is 0. The van der Waals surface area contributed by atoms with E-state index in [1.165, 1.54) is 42.6 Å². The summed E-state index contributed by atoms with van der Waals surface area (Å²) >= 11 is 0. The van der Waals surface area contributed by atoms with Crippen LogP contribution in [0, 0.1) is 0 Å². The maximum Gasteiger partial charge on any atom is 0.179 e. The van der Waals surface area contributed by atoms with E-state index in [4.69, 9.17) is 4.42 Å². The molecule has 0 saturated carbocycles. The predicted molar refractivity (Wildman–Crippen MR) is 217 cm³/mol. The van der Waals surface area contributed by atoms with E-state index in [1.807, 2.05) is 0 Å². The van der Waals surface area contributed by atoms with E-state index in [0.717, 1.165) is 38.8 Å². The van der Waals surface area contributed by atoms with Crippen molar-refractivity contribution >= 4 is 72.6 Å². The molecule has 0 aliphatic heterocycles. The predicted octanol–water partition coefficient (Wildman–Crippen LogP) is 9.73. The highest BCUT2D eigenvalue weighted by atomic mass is 28.3. The molecule has 0 aliphatic carbocycles. The molecule has 0 aliphatic rings. The van der Waals surface area contributed by atoms with Gasteiger partial charge < -0.3 is 8.98 Å². The lowest BCUT2D eigenvalue weighted by molar-refractivity contribution is 0.670. The second-order valence-electron chi connectivity index (χ2n) is 13.3. The van der Waals surface area contributed by atoms with Gasteiger partial charge in [-0.15, -0.1) is 0 Å². The molecule has 240 valence electrons. The second-order valence-corrected chi connectivity index (χ2v) is 17.1. The first-order chi connectivity index (χ1) is 25.3. The normalized spacial score (nSPS) is 11.9. The number of furan rings is 1. The van der Waals surface area contributed by atoms with Gasteiger partial charge in [0.15, 0.2) is 8.07 Å². The molecule has 10 aromatic rings. The molecule has 0 atom stereocenters. The van der Waals surface area contributed by atoms with Crippen LogP contribution >= 0.6 is 0 Å². The van der Waals surface area contributed by atoms with Crippen LogP contribution in [-0.2, 0) is 0 Å². The van der Waals surface area contributed by atoms with Crippen LogP contribution in [0.2, 0.25) is 0 Å². The molecule has 0 fully saturated rings. The van der Waals surface area contributed by atoms with Crippen LogP contribution in [-0.4, -0.2) is 12.6 Å². The van der Waals surface area contributed by atoms with Crippen molar-refractivity contribution in [3.63, 3.8) is 0 Å². The van der Waals surface area contributed by atoms with Crippen molar-refractivity contribution in [2.75, 3.05) is 0 Å². The number of nitrogens with zero attached hydrogens (tertiary/aromatic N) is 1. The van der Waals surface area contributed by atoms with Crippen molar-refractivity contribution in [1.29, 1.82) is 0 Å². The number of hydrogen-bond donors (Lipinski definition) is 0. The molecule has 0 bridgehead atoms. The van der Waals surface area contributed by atoms with Gasteiger partial charge in [-0.25, -0.2) is 0 Å². The molecule has 0 N–H and O–H groups in total. The van der Waals surface area contributed by atoms with Crippen LogP contribution in [0.5, 0.6) is 0 Å². The fourth-order valence-electron chi connectivity index (χ4n) is 8.34. The molecule has 2 nitrogen and oxygen atoms in total. The van der Waals surface area contributed by atoms with Crippen LogP contribution < -0.4 is 20.7 Å². The molecule has 8 aromatic carbocycles. The molecule has 0 radical (unpaired) electrons. The Morgan fingerprint density at radius 2 is 0.863 bits per heavy atom. The Morgan fingerprint density at radius 3 is 1.45 bits per heavy atom. The third-order valence-electron chi connectivity index (χ3n) is 10.5. The Balaban J connectivity index is 1.29.